The molecule has 0 bridgehead atoms. The molecule has 0 saturated carbocycles. The Balaban J connectivity index is 2.39. The average molecular weight is 423 g/mol. The SMILES string of the molecule is Fc1ccc(-n2c(=S)[nH]c3cc(F)c(Cl)cc32)c(I)c1. The molecule has 0 atom stereocenters. The Hall–Kier alpha value is -0.990. The first-order valence-electron chi connectivity index (χ1n) is 5.52. The average Bonchev–Trinajstić information content (AvgIpc) is 2.66. The monoisotopic (exact) mass is 422 g/mol. The van der Waals surface area contributed by atoms with Crippen molar-refractivity contribution in [3.05, 3.63) is 55.3 Å². The van der Waals surface area contributed by atoms with Gasteiger partial charge in [-0.05, 0) is 59.1 Å². The number of nitrogens with zero attached hydrogens (tertiary/aromatic N) is 1. The van der Waals surface area contributed by atoms with Crippen LogP contribution < -0.4 is 0 Å². The third-order valence-corrected chi connectivity index (χ3v) is 4.31. The fourth-order valence-electron chi connectivity index (χ4n) is 2.00. The predicted molar refractivity (Wildman–Crippen MR) is 86.1 cm³/mol. The molecule has 0 unspecified atom stereocenters. The number of imidazole rings is 1. The maximum absolute atomic E-state index is 13.5. The predicted octanol–water partition coefficient (Wildman–Crippen LogP) is 5.22. The van der Waals surface area contributed by atoms with Gasteiger partial charge in [-0.25, -0.2) is 8.78 Å². The van der Waals surface area contributed by atoms with Gasteiger partial charge in [0.1, 0.15) is 11.6 Å². The van der Waals surface area contributed by atoms with Crippen LogP contribution in [-0.2, 0) is 0 Å². The highest BCUT2D eigenvalue weighted by Gasteiger charge is 2.12. The molecule has 20 heavy (non-hydrogen) atoms. The van der Waals surface area contributed by atoms with Crippen molar-refractivity contribution in [1.29, 1.82) is 0 Å². The molecule has 0 saturated heterocycles. The summed E-state index contributed by atoms with van der Waals surface area (Å²) in [7, 11) is 0. The van der Waals surface area contributed by atoms with E-state index in [2.05, 4.69) is 4.98 Å². The molecule has 0 spiro atoms. The molecular weight excluding hydrogens is 417 g/mol. The Kier molecular flexibility index (Phi) is 3.55. The van der Waals surface area contributed by atoms with E-state index in [9.17, 15) is 8.78 Å². The van der Waals surface area contributed by atoms with Gasteiger partial charge in [0, 0.05) is 9.64 Å². The van der Waals surface area contributed by atoms with Crippen LogP contribution in [0.4, 0.5) is 8.78 Å². The van der Waals surface area contributed by atoms with Crippen LogP contribution in [0.5, 0.6) is 0 Å². The lowest BCUT2D eigenvalue weighted by Gasteiger charge is -2.07. The van der Waals surface area contributed by atoms with E-state index in [0.717, 1.165) is 0 Å². The van der Waals surface area contributed by atoms with Crippen LogP contribution in [0.15, 0.2) is 30.3 Å². The molecule has 0 aliphatic carbocycles. The number of aromatic amines is 1. The van der Waals surface area contributed by atoms with E-state index in [4.69, 9.17) is 23.8 Å². The Labute approximate surface area is 136 Å². The zero-order valence-electron chi connectivity index (χ0n) is 9.75. The lowest BCUT2D eigenvalue weighted by Crippen LogP contribution is -1.97. The number of nitrogens with one attached hydrogen (secondary N) is 1. The van der Waals surface area contributed by atoms with Gasteiger partial charge in [-0.3, -0.25) is 4.57 Å². The van der Waals surface area contributed by atoms with Crippen molar-refractivity contribution in [3.63, 3.8) is 0 Å². The maximum atomic E-state index is 13.5. The second kappa shape index (κ2) is 5.09. The van der Waals surface area contributed by atoms with E-state index in [1.54, 1.807) is 10.6 Å². The van der Waals surface area contributed by atoms with E-state index in [1.165, 1.54) is 24.3 Å². The highest BCUT2D eigenvalue weighted by Crippen LogP contribution is 2.27. The van der Waals surface area contributed by atoms with Crippen LogP contribution in [-0.4, -0.2) is 9.55 Å². The molecule has 0 radical (unpaired) electrons. The summed E-state index contributed by atoms with van der Waals surface area (Å²) in [6, 6.07) is 7.17. The third-order valence-electron chi connectivity index (χ3n) is 2.87. The quantitative estimate of drug-likeness (QED) is 0.421. The van der Waals surface area contributed by atoms with Crippen LogP contribution in [0.1, 0.15) is 0 Å². The number of benzene rings is 2. The molecule has 1 heterocycles. The van der Waals surface area contributed by atoms with Crippen molar-refractivity contribution in [2.24, 2.45) is 0 Å². The molecule has 1 N–H and O–H groups in total. The fraction of sp³-hybridized carbons (Fsp3) is 0. The highest BCUT2D eigenvalue weighted by atomic mass is 127. The van der Waals surface area contributed by atoms with Gasteiger partial charge in [0.05, 0.1) is 21.7 Å². The van der Waals surface area contributed by atoms with Crippen molar-refractivity contribution >= 4 is 57.4 Å². The lowest BCUT2D eigenvalue weighted by molar-refractivity contribution is 0.626. The Morgan fingerprint density at radius 1 is 1.20 bits per heavy atom. The summed E-state index contributed by atoms with van der Waals surface area (Å²) in [6.07, 6.45) is 0. The molecule has 0 aliphatic heterocycles. The first-order chi connectivity index (χ1) is 9.47. The van der Waals surface area contributed by atoms with Crippen molar-refractivity contribution in [3.8, 4) is 5.69 Å². The minimum Gasteiger partial charge on any atom is -0.330 e. The number of aromatic nitrogens is 2. The smallest absolute Gasteiger partial charge is 0.182 e. The van der Waals surface area contributed by atoms with Gasteiger partial charge in [-0.2, -0.15) is 0 Å². The largest absolute Gasteiger partial charge is 0.330 e. The Morgan fingerprint density at radius 2 is 1.95 bits per heavy atom. The molecule has 7 heteroatoms. The molecule has 3 aromatic rings. The number of H-pyrrole nitrogens is 1. The summed E-state index contributed by atoms with van der Waals surface area (Å²) in [4.78, 5) is 2.92. The fourth-order valence-corrected chi connectivity index (χ4v) is 3.19. The summed E-state index contributed by atoms with van der Waals surface area (Å²) >= 11 is 13.1. The lowest BCUT2D eigenvalue weighted by atomic mass is 10.2. The molecule has 0 fully saturated rings. The van der Waals surface area contributed by atoms with E-state index < -0.39 is 5.82 Å². The number of fused-ring (bicyclic) bond motifs is 1. The molecular formula is C13H6ClF2IN2S. The van der Waals surface area contributed by atoms with Gasteiger partial charge in [-0.1, -0.05) is 11.6 Å². The van der Waals surface area contributed by atoms with Gasteiger partial charge in [0.15, 0.2) is 4.77 Å². The van der Waals surface area contributed by atoms with Crippen LogP contribution in [0, 0.1) is 20.0 Å². The standard InChI is InChI=1S/C13H6ClF2IN2S/c14-7-4-12-10(5-8(7)16)18-13(20)19(12)11-2-1-6(15)3-9(11)17/h1-5H,(H,18,20). The molecule has 1 aromatic heterocycles. The van der Waals surface area contributed by atoms with Crippen LogP contribution in [0.2, 0.25) is 5.02 Å². The summed E-state index contributed by atoms with van der Waals surface area (Å²) in [5.74, 6) is -0.843. The van der Waals surface area contributed by atoms with Crippen LogP contribution in [0.25, 0.3) is 16.7 Å². The summed E-state index contributed by atoms with van der Waals surface area (Å²) in [5, 5.41) is 0.0115. The van der Waals surface area contributed by atoms with Crippen molar-refractivity contribution in [2.75, 3.05) is 0 Å². The molecule has 3 rings (SSSR count). The van der Waals surface area contributed by atoms with Gasteiger partial charge < -0.3 is 4.98 Å². The maximum Gasteiger partial charge on any atom is 0.182 e. The van der Waals surface area contributed by atoms with Gasteiger partial charge in [0.25, 0.3) is 0 Å². The first-order valence-corrected chi connectivity index (χ1v) is 7.39. The molecule has 2 nitrogen and oxygen atoms in total. The second-order valence-electron chi connectivity index (χ2n) is 4.14. The number of halogens is 4. The van der Waals surface area contributed by atoms with E-state index in [-0.39, 0.29) is 10.8 Å². The number of hydrogen-bond acceptors (Lipinski definition) is 1. The van der Waals surface area contributed by atoms with Crippen molar-refractivity contribution < 1.29 is 8.78 Å². The first kappa shape index (κ1) is 14.0. The van der Waals surface area contributed by atoms with Crippen LogP contribution in [0.3, 0.4) is 0 Å². The molecule has 2 aromatic carbocycles. The van der Waals surface area contributed by atoms with Crippen molar-refractivity contribution in [2.45, 2.75) is 0 Å². The molecule has 0 amide bonds. The van der Waals surface area contributed by atoms with Gasteiger partial charge in [0.2, 0.25) is 0 Å². The highest BCUT2D eigenvalue weighted by molar-refractivity contribution is 14.1. The summed E-state index contributed by atoms with van der Waals surface area (Å²) in [6.45, 7) is 0. The summed E-state index contributed by atoms with van der Waals surface area (Å²) in [5.41, 5.74) is 1.90. The normalized spacial score (nSPS) is 11.2. The van der Waals surface area contributed by atoms with E-state index >= 15 is 0 Å². The zero-order chi connectivity index (χ0) is 14.4. The zero-order valence-corrected chi connectivity index (χ0v) is 13.5. The minimum absolute atomic E-state index is 0.0115. The van der Waals surface area contributed by atoms with Crippen molar-refractivity contribution in [1.82, 2.24) is 9.55 Å². The Morgan fingerprint density at radius 3 is 2.65 bits per heavy atom. The minimum atomic E-state index is -0.517. The van der Waals surface area contributed by atoms with Crippen LogP contribution >= 0.6 is 46.4 Å². The topological polar surface area (TPSA) is 20.7 Å². The third kappa shape index (κ3) is 2.25. The molecule has 102 valence electrons. The van der Waals surface area contributed by atoms with E-state index in [1.807, 2.05) is 22.6 Å². The summed E-state index contributed by atoms with van der Waals surface area (Å²) < 4.78 is 29.5. The van der Waals surface area contributed by atoms with Gasteiger partial charge in [-0.15, -0.1) is 0 Å². The number of hydrogen-bond donors (Lipinski definition) is 1. The Bertz CT molecular complexity index is 888. The van der Waals surface area contributed by atoms with Gasteiger partial charge >= 0.3 is 0 Å². The second-order valence-corrected chi connectivity index (χ2v) is 6.10. The number of rotatable bonds is 1. The molecule has 0 aliphatic rings. The van der Waals surface area contributed by atoms with E-state index in [0.29, 0.717) is 25.1 Å².